The van der Waals surface area contributed by atoms with Gasteiger partial charge >= 0.3 is 0 Å². The highest BCUT2D eigenvalue weighted by atomic mass is 79.9. The Bertz CT molecular complexity index is 773. The third kappa shape index (κ3) is 3.65. The summed E-state index contributed by atoms with van der Waals surface area (Å²) in [6.45, 7) is 0.207. The van der Waals surface area contributed by atoms with Gasteiger partial charge in [-0.25, -0.2) is 0 Å². The van der Waals surface area contributed by atoms with E-state index in [4.69, 9.17) is 14.2 Å². The highest BCUT2D eigenvalue weighted by Crippen LogP contribution is 2.34. The molecule has 0 spiro atoms. The van der Waals surface area contributed by atoms with Gasteiger partial charge in [0.2, 0.25) is 12.7 Å². The van der Waals surface area contributed by atoms with Gasteiger partial charge in [-0.05, 0) is 51.8 Å². The van der Waals surface area contributed by atoms with Crippen molar-refractivity contribution in [2.45, 2.75) is 0 Å². The summed E-state index contributed by atoms with van der Waals surface area (Å²) in [6, 6.07) is 10.8. The second kappa shape index (κ2) is 6.75. The molecule has 2 aromatic rings. The highest BCUT2D eigenvalue weighted by molar-refractivity contribution is 9.10. The number of carbonyl (C=O) groups excluding carboxylic acids is 1. The number of nitrogens with one attached hydrogen (secondary N) is 1. The van der Waals surface area contributed by atoms with Crippen LogP contribution in [0.1, 0.15) is 5.56 Å². The predicted molar refractivity (Wildman–Crippen MR) is 90.9 cm³/mol. The molecule has 0 saturated heterocycles. The highest BCUT2D eigenvalue weighted by Gasteiger charge is 2.13. The molecule has 1 heterocycles. The summed E-state index contributed by atoms with van der Waals surface area (Å²) < 4.78 is 16.5. The topological polar surface area (TPSA) is 56.8 Å². The summed E-state index contributed by atoms with van der Waals surface area (Å²) >= 11 is 3.41. The fourth-order valence-electron chi connectivity index (χ4n) is 2.12. The van der Waals surface area contributed by atoms with E-state index in [1.807, 2.05) is 18.2 Å². The molecule has 118 valence electrons. The lowest BCUT2D eigenvalue weighted by Crippen LogP contribution is -2.07. The summed E-state index contributed by atoms with van der Waals surface area (Å²) in [4.78, 5) is 12.0. The second-order valence-corrected chi connectivity index (χ2v) is 5.64. The third-order valence-electron chi connectivity index (χ3n) is 3.24. The van der Waals surface area contributed by atoms with Crippen molar-refractivity contribution in [3.63, 3.8) is 0 Å². The average molecular weight is 376 g/mol. The number of benzene rings is 2. The Hall–Kier alpha value is -2.47. The van der Waals surface area contributed by atoms with Gasteiger partial charge in [-0.3, -0.25) is 4.79 Å². The monoisotopic (exact) mass is 375 g/mol. The maximum absolute atomic E-state index is 12.0. The quantitative estimate of drug-likeness (QED) is 0.824. The van der Waals surface area contributed by atoms with Crippen molar-refractivity contribution < 1.29 is 19.0 Å². The molecule has 0 aromatic heterocycles. The summed E-state index contributed by atoms with van der Waals surface area (Å²) in [6.07, 6.45) is 3.20. The maximum Gasteiger partial charge on any atom is 0.248 e. The third-order valence-corrected chi connectivity index (χ3v) is 3.86. The summed E-state index contributed by atoms with van der Waals surface area (Å²) in [7, 11) is 1.61. The maximum atomic E-state index is 12.0. The van der Waals surface area contributed by atoms with E-state index < -0.39 is 0 Å². The molecule has 0 atom stereocenters. The van der Waals surface area contributed by atoms with Crippen molar-refractivity contribution in [2.75, 3.05) is 19.2 Å². The first-order valence-corrected chi connectivity index (χ1v) is 7.67. The molecule has 0 aliphatic carbocycles. The van der Waals surface area contributed by atoms with Crippen molar-refractivity contribution in [1.29, 1.82) is 0 Å². The smallest absolute Gasteiger partial charge is 0.248 e. The fraction of sp³-hybridized carbons (Fsp3) is 0.118. The van der Waals surface area contributed by atoms with Gasteiger partial charge in [-0.2, -0.15) is 0 Å². The zero-order valence-electron chi connectivity index (χ0n) is 12.3. The molecule has 0 radical (unpaired) electrons. The summed E-state index contributed by atoms with van der Waals surface area (Å²) in [5, 5.41) is 2.78. The van der Waals surface area contributed by atoms with Gasteiger partial charge in [0.05, 0.1) is 11.6 Å². The average Bonchev–Trinajstić information content (AvgIpc) is 3.01. The van der Waals surface area contributed by atoms with Gasteiger partial charge in [0, 0.05) is 17.8 Å². The van der Waals surface area contributed by atoms with Crippen molar-refractivity contribution in [3.05, 3.63) is 52.5 Å². The number of hydrogen-bond donors (Lipinski definition) is 1. The summed E-state index contributed by atoms with van der Waals surface area (Å²) in [5.41, 5.74) is 1.54. The first-order valence-electron chi connectivity index (χ1n) is 6.88. The molecule has 3 rings (SSSR count). The van der Waals surface area contributed by atoms with E-state index in [9.17, 15) is 4.79 Å². The number of rotatable bonds is 4. The molecule has 23 heavy (non-hydrogen) atoms. The fourth-order valence-corrected chi connectivity index (χ4v) is 2.67. The van der Waals surface area contributed by atoms with Crippen LogP contribution in [0, 0.1) is 0 Å². The molecule has 1 aliphatic heterocycles. The number of halogens is 1. The van der Waals surface area contributed by atoms with Crippen LogP contribution >= 0.6 is 15.9 Å². The van der Waals surface area contributed by atoms with E-state index in [0.717, 1.165) is 15.8 Å². The van der Waals surface area contributed by atoms with E-state index in [2.05, 4.69) is 21.2 Å². The van der Waals surface area contributed by atoms with Crippen molar-refractivity contribution >= 4 is 33.6 Å². The minimum absolute atomic E-state index is 0.207. The Balaban J connectivity index is 1.66. The van der Waals surface area contributed by atoms with E-state index >= 15 is 0 Å². The molecule has 1 amide bonds. The van der Waals surface area contributed by atoms with Crippen LogP contribution in [0.3, 0.4) is 0 Å². The molecule has 5 nitrogen and oxygen atoms in total. The zero-order chi connectivity index (χ0) is 16.2. The molecular weight excluding hydrogens is 362 g/mol. The number of methoxy groups -OCH3 is 1. The molecule has 6 heteroatoms. The molecule has 0 bridgehead atoms. The number of amides is 1. The Morgan fingerprint density at radius 3 is 2.83 bits per heavy atom. The van der Waals surface area contributed by atoms with E-state index in [-0.39, 0.29) is 12.7 Å². The number of carbonyl (C=O) groups is 1. The van der Waals surface area contributed by atoms with E-state index in [1.165, 1.54) is 6.08 Å². The number of fused-ring (bicyclic) bond motifs is 1. The first-order chi connectivity index (χ1) is 11.2. The van der Waals surface area contributed by atoms with Crippen LogP contribution in [0.5, 0.6) is 17.2 Å². The largest absolute Gasteiger partial charge is 0.496 e. The Labute approximate surface area is 142 Å². The lowest BCUT2D eigenvalue weighted by Gasteiger charge is -2.04. The lowest BCUT2D eigenvalue weighted by molar-refractivity contribution is -0.111. The minimum Gasteiger partial charge on any atom is -0.496 e. The van der Waals surface area contributed by atoms with Gasteiger partial charge in [-0.15, -0.1) is 0 Å². The number of ether oxygens (including phenoxy) is 3. The molecule has 0 fully saturated rings. The Morgan fingerprint density at radius 2 is 2.04 bits per heavy atom. The number of hydrogen-bond acceptors (Lipinski definition) is 4. The molecule has 0 unspecified atom stereocenters. The van der Waals surface area contributed by atoms with Crippen LogP contribution in [0.2, 0.25) is 0 Å². The SMILES string of the molecule is COc1ccc(C=CC(=O)Nc2ccc3c(c2)OCO3)cc1Br. The minimum atomic E-state index is -0.226. The normalized spacial score (nSPS) is 12.4. The Kier molecular flexibility index (Phi) is 4.52. The molecule has 2 aromatic carbocycles. The van der Waals surface area contributed by atoms with Crippen LogP contribution < -0.4 is 19.5 Å². The molecular formula is C17H14BrNO4. The van der Waals surface area contributed by atoms with Crippen LogP contribution in [-0.4, -0.2) is 19.8 Å². The van der Waals surface area contributed by atoms with Crippen LogP contribution in [0.4, 0.5) is 5.69 Å². The molecule has 1 N–H and O–H groups in total. The van der Waals surface area contributed by atoms with Crippen molar-refractivity contribution in [2.24, 2.45) is 0 Å². The van der Waals surface area contributed by atoms with Crippen molar-refractivity contribution in [3.8, 4) is 17.2 Å². The molecule has 1 aliphatic rings. The standard InChI is InChI=1S/C17H14BrNO4/c1-21-14-5-2-11(8-13(14)18)3-7-17(20)19-12-4-6-15-16(9-12)23-10-22-15/h2-9H,10H2,1H3,(H,19,20). The molecule has 0 saturated carbocycles. The van der Waals surface area contributed by atoms with E-state index in [1.54, 1.807) is 31.4 Å². The first kappa shape index (κ1) is 15.4. The Morgan fingerprint density at radius 1 is 1.22 bits per heavy atom. The second-order valence-electron chi connectivity index (χ2n) is 4.78. The van der Waals surface area contributed by atoms with Crippen LogP contribution in [-0.2, 0) is 4.79 Å². The van der Waals surface area contributed by atoms with Crippen LogP contribution in [0.25, 0.3) is 6.08 Å². The van der Waals surface area contributed by atoms with E-state index in [0.29, 0.717) is 17.2 Å². The van der Waals surface area contributed by atoms with Gasteiger partial charge in [-0.1, -0.05) is 6.07 Å². The predicted octanol–water partition coefficient (Wildman–Crippen LogP) is 3.84. The lowest BCUT2D eigenvalue weighted by atomic mass is 10.2. The van der Waals surface area contributed by atoms with Gasteiger partial charge < -0.3 is 19.5 Å². The van der Waals surface area contributed by atoms with Gasteiger partial charge in [0.1, 0.15) is 5.75 Å². The van der Waals surface area contributed by atoms with Gasteiger partial charge in [0.15, 0.2) is 11.5 Å². The van der Waals surface area contributed by atoms with Gasteiger partial charge in [0.25, 0.3) is 0 Å². The van der Waals surface area contributed by atoms with Crippen LogP contribution in [0.15, 0.2) is 46.9 Å². The number of anilines is 1. The van der Waals surface area contributed by atoms with Crippen molar-refractivity contribution in [1.82, 2.24) is 0 Å². The summed E-state index contributed by atoms with van der Waals surface area (Å²) in [5.74, 6) is 1.83. The zero-order valence-corrected chi connectivity index (χ0v) is 13.9.